The molecule has 0 spiro atoms. The molecule has 0 heterocycles. The standard InChI is InChI=1S/C10H20Se/c1-4-5-6-7-8-10(2)9-11-3/h2,4-9H2,1,3H3. The zero-order valence-electron chi connectivity index (χ0n) is 7.86. The molecule has 0 N–H and O–H groups in total. The van der Waals surface area contributed by atoms with Gasteiger partial charge >= 0.3 is 77.3 Å². The number of hydrogen-bond donors (Lipinski definition) is 0. The van der Waals surface area contributed by atoms with Crippen molar-refractivity contribution in [3.05, 3.63) is 12.2 Å². The van der Waals surface area contributed by atoms with Crippen LogP contribution in [0.1, 0.15) is 39.0 Å². The molecule has 1 heteroatoms. The summed E-state index contributed by atoms with van der Waals surface area (Å²) in [5, 5.41) is 1.29. The summed E-state index contributed by atoms with van der Waals surface area (Å²) in [6, 6.07) is 0. The predicted molar refractivity (Wildman–Crippen MR) is 54.3 cm³/mol. The summed E-state index contributed by atoms with van der Waals surface area (Å²) < 4.78 is 0. The molecule has 66 valence electrons. The van der Waals surface area contributed by atoms with Gasteiger partial charge in [0.25, 0.3) is 0 Å². The molecular formula is C10H20Se. The van der Waals surface area contributed by atoms with Gasteiger partial charge in [-0.15, -0.1) is 0 Å². The Bertz CT molecular complexity index is 97.0. The summed E-state index contributed by atoms with van der Waals surface area (Å²) in [5.74, 6) is 2.28. The first-order valence-electron chi connectivity index (χ1n) is 4.46. The first-order valence-corrected chi connectivity index (χ1v) is 7.39. The second kappa shape index (κ2) is 8.36. The van der Waals surface area contributed by atoms with Crippen LogP contribution in [0.5, 0.6) is 0 Å². The van der Waals surface area contributed by atoms with Crippen LogP contribution < -0.4 is 0 Å². The zero-order chi connectivity index (χ0) is 8.53. The van der Waals surface area contributed by atoms with Gasteiger partial charge in [0.2, 0.25) is 0 Å². The first kappa shape index (κ1) is 11.3. The molecule has 0 aromatic heterocycles. The van der Waals surface area contributed by atoms with E-state index in [4.69, 9.17) is 0 Å². The monoisotopic (exact) mass is 220 g/mol. The molecule has 0 radical (unpaired) electrons. The van der Waals surface area contributed by atoms with Gasteiger partial charge in [-0.25, -0.2) is 0 Å². The van der Waals surface area contributed by atoms with Gasteiger partial charge in [-0.3, -0.25) is 0 Å². The van der Waals surface area contributed by atoms with E-state index in [0.29, 0.717) is 0 Å². The van der Waals surface area contributed by atoms with E-state index < -0.39 is 0 Å². The molecular weight excluding hydrogens is 199 g/mol. The second-order valence-electron chi connectivity index (χ2n) is 2.99. The van der Waals surface area contributed by atoms with E-state index in [2.05, 4.69) is 19.3 Å². The fourth-order valence-corrected chi connectivity index (χ4v) is 2.24. The molecule has 0 aliphatic rings. The SMILES string of the molecule is C=C(CCCCCC)C[Se]C. The Morgan fingerprint density at radius 3 is 2.55 bits per heavy atom. The number of rotatable bonds is 7. The van der Waals surface area contributed by atoms with Crippen molar-refractivity contribution in [3.63, 3.8) is 0 Å². The van der Waals surface area contributed by atoms with Crippen molar-refractivity contribution in [2.45, 2.75) is 50.2 Å². The molecule has 0 aliphatic heterocycles. The summed E-state index contributed by atoms with van der Waals surface area (Å²) in [6.07, 6.45) is 6.76. The Morgan fingerprint density at radius 2 is 2.00 bits per heavy atom. The van der Waals surface area contributed by atoms with E-state index in [-0.39, 0.29) is 0 Å². The molecule has 0 amide bonds. The van der Waals surface area contributed by atoms with Crippen LogP contribution in [0.4, 0.5) is 0 Å². The summed E-state index contributed by atoms with van der Waals surface area (Å²) in [5.41, 5.74) is 1.48. The minimum absolute atomic E-state index is 0.793. The summed E-state index contributed by atoms with van der Waals surface area (Å²) in [6.45, 7) is 6.31. The topological polar surface area (TPSA) is 0 Å². The van der Waals surface area contributed by atoms with E-state index in [1.54, 1.807) is 0 Å². The van der Waals surface area contributed by atoms with Gasteiger partial charge in [0.1, 0.15) is 0 Å². The minimum atomic E-state index is 0.793. The molecule has 0 aromatic rings. The number of hydrogen-bond acceptors (Lipinski definition) is 0. The second-order valence-corrected chi connectivity index (χ2v) is 4.81. The first-order chi connectivity index (χ1) is 5.31. The number of unbranched alkanes of at least 4 members (excludes halogenated alkanes) is 3. The Morgan fingerprint density at radius 1 is 1.27 bits per heavy atom. The molecule has 0 nitrogen and oxygen atoms in total. The maximum atomic E-state index is 4.06. The quantitative estimate of drug-likeness (QED) is 0.348. The van der Waals surface area contributed by atoms with Gasteiger partial charge in [-0.1, -0.05) is 0 Å². The average Bonchev–Trinajstić information content (AvgIpc) is 1.99. The Hall–Kier alpha value is 0.259. The van der Waals surface area contributed by atoms with Gasteiger partial charge in [0, 0.05) is 0 Å². The third kappa shape index (κ3) is 8.16. The van der Waals surface area contributed by atoms with Crippen molar-refractivity contribution in [3.8, 4) is 0 Å². The molecule has 0 fully saturated rings. The van der Waals surface area contributed by atoms with E-state index >= 15 is 0 Å². The van der Waals surface area contributed by atoms with Crippen LogP contribution in [0, 0.1) is 0 Å². The molecule has 0 saturated heterocycles. The molecule has 0 aromatic carbocycles. The van der Waals surface area contributed by atoms with Crippen molar-refractivity contribution in [2.75, 3.05) is 0 Å². The normalized spacial score (nSPS) is 10.0. The predicted octanol–water partition coefficient (Wildman–Crippen LogP) is 3.68. The Kier molecular flexibility index (Phi) is 8.55. The molecule has 0 unspecified atom stereocenters. The van der Waals surface area contributed by atoms with Crippen LogP contribution in [-0.2, 0) is 0 Å². The van der Waals surface area contributed by atoms with E-state index in [1.807, 2.05) is 0 Å². The summed E-state index contributed by atoms with van der Waals surface area (Å²) in [4.78, 5) is 0. The van der Waals surface area contributed by atoms with Crippen molar-refractivity contribution in [1.29, 1.82) is 0 Å². The fraction of sp³-hybridized carbons (Fsp3) is 0.800. The van der Waals surface area contributed by atoms with Crippen LogP contribution in [0.25, 0.3) is 0 Å². The maximum absolute atomic E-state index is 4.06. The molecule has 0 rings (SSSR count). The molecule has 0 bridgehead atoms. The Labute approximate surface area is 77.6 Å². The van der Waals surface area contributed by atoms with E-state index in [1.165, 1.54) is 43.0 Å². The summed E-state index contributed by atoms with van der Waals surface area (Å²) in [7, 11) is 0. The van der Waals surface area contributed by atoms with Crippen molar-refractivity contribution >= 4 is 15.0 Å². The fourth-order valence-electron chi connectivity index (χ4n) is 1.08. The van der Waals surface area contributed by atoms with Gasteiger partial charge in [0.05, 0.1) is 0 Å². The molecule has 0 saturated carbocycles. The molecule has 0 aliphatic carbocycles. The summed E-state index contributed by atoms with van der Waals surface area (Å²) >= 11 is 0.793. The van der Waals surface area contributed by atoms with Crippen molar-refractivity contribution < 1.29 is 0 Å². The Balaban J connectivity index is 3.04. The molecule has 0 atom stereocenters. The van der Waals surface area contributed by atoms with Crippen molar-refractivity contribution in [2.24, 2.45) is 0 Å². The van der Waals surface area contributed by atoms with Crippen LogP contribution in [0.2, 0.25) is 11.1 Å². The van der Waals surface area contributed by atoms with Crippen LogP contribution in [0.15, 0.2) is 12.2 Å². The van der Waals surface area contributed by atoms with Gasteiger partial charge in [-0.05, 0) is 0 Å². The molecule has 11 heavy (non-hydrogen) atoms. The number of allylic oxidation sites excluding steroid dienone is 1. The zero-order valence-corrected chi connectivity index (χ0v) is 9.57. The average molecular weight is 219 g/mol. The van der Waals surface area contributed by atoms with E-state index in [9.17, 15) is 0 Å². The van der Waals surface area contributed by atoms with Gasteiger partial charge in [-0.2, -0.15) is 0 Å². The third-order valence-electron chi connectivity index (χ3n) is 1.73. The van der Waals surface area contributed by atoms with Crippen LogP contribution in [-0.4, -0.2) is 15.0 Å². The van der Waals surface area contributed by atoms with E-state index in [0.717, 1.165) is 15.0 Å². The van der Waals surface area contributed by atoms with Crippen molar-refractivity contribution in [1.82, 2.24) is 0 Å². The van der Waals surface area contributed by atoms with Gasteiger partial charge < -0.3 is 0 Å². The van der Waals surface area contributed by atoms with Crippen LogP contribution in [0.3, 0.4) is 0 Å². The van der Waals surface area contributed by atoms with Crippen LogP contribution >= 0.6 is 0 Å². The van der Waals surface area contributed by atoms with Gasteiger partial charge in [0.15, 0.2) is 0 Å². The third-order valence-corrected chi connectivity index (χ3v) is 3.19.